The van der Waals surface area contributed by atoms with Gasteiger partial charge in [0.25, 0.3) is 5.69 Å². The molecular weight excluding hydrogens is 438 g/mol. The molecule has 0 aliphatic carbocycles. The van der Waals surface area contributed by atoms with Crippen LogP contribution in [0.3, 0.4) is 0 Å². The summed E-state index contributed by atoms with van der Waals surface area (Å²) in [5.74, 6) is 3.20. The van der Waals surface area contributed by atoms with Crippen LogP contribution in [0.4, 0.5) is 5.69 Å². The fraction of sp³-hybridized carbons (Fsp3) is 0.455. The number of hydrogen-bond acceptors (Lipinski definition) is 6. The third-order valence-corrected chi connectivity index (χ3v) is 7.73. The molecular formula is C22H29NO6S2. The van der Waals surface area contributed by atoms with E-state index in [1.807, 2.05) is 6.07 Å². The predicted octanol–water partition coefficient (Wildman–Crippen LogP) is 4.96. The minimum atomic E-state index is -4.76. The number of rotatable bonds is 13. The van der Waals surface area contributed by atoms with Crippen LogP contribution in [-0.2, 0) is 37.8 Å². The van der Waals surface area contributed by atoms with Crippen LogP contribution in [0.2, 0.25) is 0 Å². The van der Waals surface area contributed by atoms with Crippen LogP contribution < -0.4 is 0 Å². The zero-order valence-electron chi connectivity index (χ0n) is 17.9. The molecule has 9 heteroatoms. The normalized spacial score (nSPS) is 11.7. The van der Waals surface area contributed by atoms with Gasteiger partial charge in [-0.3, -0.25) is 14.3 Å². The Balaban J connectivity index is 2.33. The maximum atomic E-state index is 11.3. The summed E-state index contributed by atoms with van der Waals surface area (Å²) in [7, 11) is -4.54. The standard InChI is InChI=1S/C22H29NO6S2/c1-3-5-13-30(14-6-4-2)17-20-11-12-21(23(24)25)15-22(20)19-9-7-18(8-10-19)16-29-31(26,27)28/h7-12,15H,3-6,13-14,16-17H2,1-2H3. The molecule has 0 fully saturated rings. The van der Waals surface area contributed by atoms with E-state index in [2.05, 4.69) is 18.0 Å². The molecule has 170 valence electrons. The Morgan fingerprint density at radius 2 is 1.61 bits per heavy atom. The maximum Gasteiger partial charge on any atom is 0.270 e. The molecule has 0 spiro atoms. The lowest BCUT2D eigenvalue weighted by Crippen LogP contribution is -2.15. The van der Waals surface area contributed by atoms with Gasteiger partial charge in [0, 0.05) is 17.7 Å². The van der Waals surface area contributed by atoms with Crippen LogP contribution in [0.1, 0.15) is 50.7 Å². The second-order valence-electron chi connectivity index (χ2n) is 7.34. The molecule has 0 heterocycles. The Bertz CT molecular complexity index is 952. The van der Waals surface area contributed by atoms with Crippen LogP contribution in [-0.4, -0.2) is 29.4 Å². The van der Waals surface area contributed by atoms with Gasteiger partial charge in [0.15, 0.2) is 0 Å². The Kier molecular flexibility index (Phi) is 9.95. The number of non-ortho nitro benzene ring substituents is 1. The highest BCUT2D eigenvalue weighted by Gasteiger charge is 2.22. The molecule has 2 rings (SSSR count). The molecule has 0 saturated heterocycles. The van der Waals surface area contributed by atoms with E-state index in [1.165, 1.54) is 12.8 Å². The molecule has 0 bridgehead atoms. The quantitative estimate of drug-likeness (QED) is 0.135. The third-order valence-electron chi connectivity index (χ3n) is 4.87. The predicted molar refractivity (Wildman–Crippen MR) is 124 cm³/mol. The van der Waals surface area contributed by atoms with E-state index in [0.717, 1.165) is 46.8 Å². The van der Waals surface area contributed by atoms with Crippen LogP contribution >= 0.6 is 0 Å². The summed E-state index contributed by atoms with van der Waals surface area (Å²) < 4.78 is 36.2. The molecule has 2 aromatic carbocycles. The molecule has 31 heavy (non-hydrogen) atoms. The van der Waals surface area contributed by atoms with E-state index >= 15 is 0 Å². The molecule has 0 aliphatic rings. The summed E-state index contributed by atoms with van der Waals surface area (Å²) in [6.45, 7) is 4.02. The van der Waals surface area contributed by atoms with Gasteiger partial charge >= 0.3 is 0 Å². The molecule has 0 N–H and O–H groups in total. The Morgan fingerprint density at radius 3 is 2.13 bits per heavy atom. The number of nitrogens with zero attached hydrogens (tertiary/aromatic N) is 1. The molecule has 0 aromatic heterocycles. The number of unbranched alkanes of at least 4 members (excludes halogenated alkanes) is 2. The average molecular weight is 468 g/mol. The first-order valence-electron chi connectivity index (χ1n) is 10.3. The molecule has 0 atom stereocenters. The van der Waals surface area contributed by atoms with Crippen LogP contribution in [0, 0.1) is 10.1 Å². The third kappa shape index (κ3) is 8.60. The van der Waals surface area contributed by atoms with E-state index in [4.69, 9.17) is 0 Å². The minimum absolute atomic E-state index is 0.0330. The number of benzene rings is 2. The van der Waals surface area contributed by atoms with Gasteiger partial charge in [-0.05, 0) is 46.5 Å². The summed E-state index contributed by atoms with van der Waals surface area (Å²) in [6, 6.07) is 11.9. The van der Waals surface area contributed by atoms with Crippen molar-refractivity contribution < 1.29 is 22.1 Å². The first-order chi connectivity index (χ1) is 14.7. The van der Waals surface area contributed by atoms with Gasteiger partial charge in [0.1, 0.15) is 17.3 Å². The first-order valence-corrected chi connectivity index (χ1v) is 13.4. The first kappa shape index (κ1) is 25.3. The zero-order chi connectivity index (χ0) is 22.9. The molecule has 0 unspecified atom stereocenters. The molecule has 0 aliphatic heterocycles. The number of nitro benzene ring substituents is 1. The number of hydrogen-bond donors (Lipinski definition) is 0. The molecule has 0 radical (unpaired) electrons. The lowest BCUT2D eigenvalue weighted by Gasteiger charge is -2.13. The van der Waals surface area contributed by atoms with Crippen LogP contribution in [0.15, 0.2) is 42.5 Å². The van der Waals surface area contributed by atoms with E-state index < -0.39 is 15.3 Å². The van der Waals surface area contributed by atoms with Crippen molar-refractivity contribution in [3.05, 3.63) is 63.7 Å². The van der Waals surface area contributed by atoms with Gasteiger partial charge in [0.2, 0.25) is 10.4 Å². The van der Waals surface area contributed by atoms with Crippen molar-refractivity contribution in [1.82, 2.24) is 0 Å². The van der Waals surface area contributed by atoms with Crippen molar-refractivity contribution in [3.63, 3.8) is 0 Å². The van der Waals surface area contributed by atoms with Gasteiger partial charge in [-0.2, -0.15) is 0 Å². The van der Waals surface area contributed by atoms with E-state index in [1.54, 1.807) is 36.4 Å². The van der Waals surface area contributed by atoms with Gasteiger partial charge in [-0.25, -0.2) is 8.42 Å². The second-order valence-corrected chi connectivity index (χ2v) is 10.7. The lowest BCUT2D eigenvalue weighted by molar-refractivity contribution is -0.384. The Morgan fingerprint density at radius 1 is 1.00 bits per heavy atom. The van der Waals surface area contributed by atoms with Crippen molar-refractivity contribution in [2.75, 3.05) is 11.5 Å². The molecule has 2 aromatic rings. The van der Waals surface area contributed by atoms with Crippen molar-refractivity contribution in [1.29, 1.82) is 0 Å². The van der Waals surface area contributed by atoms with Crippen molar-refractivity contribution in [3.8, 4) is 11.1 Å². The SMILES string of the molecule is CCCC[S+](CCCC)Cc1ccc([N+](=O)[O-])cc1-c1ccc(COS(=O)(=O)[O-])cc1. The zero-order valence-corrected chi connectivity index (χ0v) is 19.5. The van der Waals surface area contributed by atoms with Gasteiger partial charge in [0.05, 0.1) is 11.5 Å². The highest BCUT2D eigenvalue weighted by atomic mass is 32.3. The van der Waals surface area contributed by atoms with E-state index in [0.29, 0.717) is 5.56 Å². The fourth-order valence-corrected chi connectivity index (χ4v) is 6.02. The largest absolute Gasteiger partial charge is 0.726 e. The maximum absolute atomic E-state index is 11.3. The highest BCUT2D eigenvalue weighted by Crippen LogP contribution is 2.30. The number of nitro groups is 1. The summed E-state index contributed by atoms with van der Waals surface area (Å²) in [5, 5.41) is 11.3. The van der Waals surface area contributed by atoms with E-state index in [9.17, 15) is 23.1 Å². The van der Waals surface area contributed by atoms with Gasteiger partial charge in [-0.15, -0.1) is 0 Å². The van der Waals surface area contributed by atoms with Crippen molar-refractivity contribution >= 4 is 27.0 Å². The highest BCUT2D eigenvalue weighted by molar-refractivity contribution is 7.96. The lowest BCUT2D eigenvalue weighted by atomic mass is 9.99. The Labute approximate surface area is 187 Å². The molecule has 0 amide bonds. The van der Waals surface area contributed by atoms with Gasteiger partial charge < -0.3 is 4.55 Å². The summed E-state index contributed by atoms with van der Waals surface area (Å²) in [4.78, 5) is 10.9. The van der Waals surface area contributed by atoms with E-state index in [-0.39, 0.29) is 23.2 Å². The summed E-state index contributed by atoms with van der Waals surface area (Å²) in [6.07, 6.45) is 4.63. The second kappa shape index (κ2) is 12.2. The molecule has 0 saturated carbocycles. The van der Waals surface area contributed by atoms with Crippen molar-refractivity contribution in [2.24, 2.45) is 0 Å². The smallest absolute Gasteiger partial charge is 0.270 e. The van der Waals surface area contributed by atoms with Gasteiger partial charge in [-0.1, -0.05) is 51.0 Å². The topological polar surface area (TPSA) is 110 Å². The molecule has 7 nitrogen and oxygen atoms in total. The fourth-order valence-electron chi connectivity index (χ4n) is 3.16. The van der Waals surface area contributed by atoms with Crippen LogP contribution in [0.5, 0.6) is 0 Å². The summed E-state index contributed by atoms with van der Waals surface area (Å²) in [5.41, 5.74) is 3.25. The minimum Gasteiger partial charge on any atom is -0.726 e. The monoisotopic (exact) mass is 467 g/mol. The van der Waals surface area contributed by atoms with Crippen LogP contribution in [0.25, 0.3) is 11.1 Å². The summed E-state index contributed by atoms with van der Waals surface area (Å²) >= 11 is 0. The van der Waals surface area contributed by atoms with Crippen molar-refractivity contribution in [2.45, 2.75) is 51.9 Å². The average Bonchev–Trinajstić information content (AvgIpc) is 2.74. The Hall–Kier alpha value is -1.94.